The average Bonchev–Trinajstić information content (AvgIpc) is 3.32. The number of hydrogen-bond acceptors (Lipinski definition) is 5. The number of fused-ring (bicyclic) bond motifs is 1. The van der Waals surface area contributed by atoms with Gasteiger partial charge in [-0.05, 0) is 30.0 Å². The number of carbonyl (C=O) groups is 1. The molecule has 0 spiro atoms. The molecule has 1 aliphatic carbocycles. The Hall–Kier alpha value is -2.15. The molecule has 2 atom stereocenters. The van der Waals surface area contributed by atoms with Crippen molar-refractivity contribution in [3.8, 4) is 0 Å². The highest BCUT2D eigenvalue weighted by atomic mass is 35.5. The monoisotopic (exact) mass is 416 g/mol. The van der Waals surface area contributed by atoms with Gasteiger partial charge < -0.3 is 5.32 Å². The molecular formula is C19H14Cl2N4OS. The lowest BCUT2D eigenvalue weighted by Gasteiger charge is -2.35. The Labute approximate surface area is 169 Å². The van der Waals surface area contributed by atoms with Gasteiger partial charge in [-0.25, -0.2) is 4.68 Å². The molecule has 0 amide bonds. The SMILES string of the molecule is O=C1C[C@H](c2cccs2)CC2=C1[C@H](c1ccc(Cl)cc1Cl)n1ncnc1N2. The van der Waals surface area contributed by atoms with Crippen LogP contribution in [-0.4, -0.2) is 20.5 Å². The standard InChI is InChI=1S/C19H14Cl2N4OS/c20-11-3-4-12(13(21)8-11)18-17-14(24-19-22-9-23-25(18)19)6-10(7-15(17)26)16-2-1-5-27-16/h1-5,8-10,18H,6-7H2,(H,22,23,24)/t10-,18+/m1/s1. The summed E-state index contributed by atoms with van der Waals surface area (Å²) in [5.41, 5.74) is 2.41. The molecule has 3 aromatic rings. The quantitative estimate of drug-likeness (QED) is 0.633. The summed E-state index contributed by atoms with van der Waals surface area (Å²) in [6.07, 6.45) is 2.72. The van der Waals surface area contributed by atoms with Crippen LogP contribution in [0.25, 0.3) is 0 Å². The third-order valence-electron chi connectivity index (χ3n) is 5.06. The number of thiophene rings is 1. The Kier molecular flexibility index (Phi) is 4.07. The number of hydrogen-bond donors (Lipinski definition) is 1. The molecule has 1 aliphatic heterocycles. The molecule has 3 heterocycles. The van der Waals surface area contributed by atoms with E-state index in [2.05, 4.69) is 21.5 Å². The molecule has 0 unspecified atom stereocenters. The summed E-state index contributed by atoms with van der Waals surface area (Å²) < 4.78 is 1.72. The lowest BCUT2D eigenvalue weighted by Crippen LogP contribution is -2.33. The number of nitrogens with zero attached hydrogens (tertiary/aromatic N) is 3. The second-order valence-electron chi connectivity index (χ2n) is 6.66. The van der Waals surface area contributed by atoms with Gasteiger partial charge in [0.15, 0.2) is 5.78 Å². The fourth-order valence-corrected chi connectivity index (χ4v) is 5.23. The first kappa shape index (κ1) is 17.0. The van der Waals surface area contributed by atoms with E-state index in [0.29, 0.717) is 28.0 Å². The summed E-state index contributed by atoms with van der Waals surface area (Å²) in [5, 5.41) is 10.8. The number of halogens is 2. The van der Waals surface area contributed by atoms with Gasteiger partial charge in [0.2, 0.25) is 5.95 Å². The van der Waals surface area contributed by atoms with E-state index in [-0.39, 0.29) is 11.7 Å². The van der Waals surface area contributed by atoms with Crippen molar-refractivity contribution in [3.05, 3.63) is 73.8 Å². The highest BCUT2D eigenvalue weighted by molar-refractivity contribution is 7.10. The minimum absolute atomic E-state index is 0.110. The molecule has 1 aromatic carbocycles. The predicted octanol–water partition coefficient (Wildman–Crippen LogP) is 5.06. The van der Waals surface area contributed by atoms with Crippen LogP contribution < -0.4 is 5.32 Å². The highest BCUT2D eigenvalue weighted by Crippen LogP contribution is 2.45. The molecule has 8 heteroatoms. The summed E-state index contributed by atoms with van der Waals surface area (Å²) in [7, 11) is 0. The zero-order valence-electron chi connectivity index (χ0n) is 14.0. The van der Waals surface area contributed by atoms with Crippen LogP contribution in [0.4, 0.5) is 5.95 Å². The number of aromatic nitrogens is 3. The van der Waals surface area contributed by atoms with E-state index in [1.807, 2.05) is 17.5 Å². The van der Waals surface area contributed by atoms with Crippen molar-refractivity contribution in [1.82, 2.24) is 14.8 Å². The van der Waals surface area contributed by atoms with Gasteiger partial charge in [0.05, 0.1) is 0 Å². The van der Waals surface area contributed by atoms with Gasteiger partial charge in [-0.15, -0.1) is 11.3 Å². The topological polar surface area (TPSA) is 59.8 Å². The summed E-state index contributed by atoms with van der Waals surface area (Å²) >= 11 is 14.2. The lowest BCUT2D eigenvalue weighted by molar-refractivity contribution is -0.116. The average molecular weight is 417 g/mol. The fraction of sp³-hybridized carbons (Fsp3) is 0.211. The summed E-state index contributed by atoms with van der Waals surface area (Å²) in [5.74, 6) is 0.906. The first-order valence-corrected chi connectivity index (χ1v) is 10.2. The maximum Gasteiger partial charge on any atom is 0.226 e. The molecule has 0 saturated carbocycles. The Morgan fingerprint density at radius 1 is 1.22 bits per heavy atom. The van der Waals surface area contributed by atoms with Gasteiger partial charge in [0.25, 0.3) is 0 Å². The number of carbonyl (C=O) groups excluding carboxylic acids is 1. The van der Waals surface area contributed by atoms with Crippen LogP contribution >= 0.6 is 34.5 Å². The minimum Gasteiger partial charge on any atom is -0.328 e. The number of ketones is 1. The van der Waals surface area contributed by atoms with Crippen LogP contribution in [-0.2, 0) is 4.79 Å². The molecule has 2 aromatic heterocycles. The number of benzene rings is 1. The molecule has 0 fully saturated rings. The molecule has 136 valence electrons. The summed E-state index contributed by atoms with van der Waals surface area (Å²) in [6, 6.07) is 9.04. The predicted molar refractivity (Wildman–Crippen MR) is 107 cm³/mol. The zero-order valence-corrected chi connectivity index (χ0v) is 16.4. The van der Waals surface area contributed by atoms with Gasteiger partial charge >= 0.3 is 0 Å². The van der Waals surface area contributed by atoms with E-state index in [1.54, 1.807) is 28.2 Å². The van der Waals surface area contributed by atoms with Crippen LogP contribution in [0.1, 0.15) is 35.2 Å². The van der Waals surface area contributed by atoms with Gasteiger partial charge in [-0.1, -0.05) is 35.3 Å². The van der Waals surface area contributed by atoms with Crippen LogP contribution in [0, 0.1) is 0 Å². The molecule has 27 heavy (non-hydrogen) atoms. The van der Waals surface area contributed by atoms with E-state index in [0.717, 1.165) is 17.7 Å². The second-order valence-corrected chi connectivity index (χ2v) is 8.48. The first-order valence-electron chi connectivity index (χ1n) is 8.53. The molecular weight excluding hydrogens is 403 g/mol. The van der Waals surface area contributed by atoms with Crippen molar-refractivity contribution in [1.29, 1.82) is 0 Å². The smallest absolute Gasteiger partial charge is 0.226 e. The first-order chi connectivity index (χ1) is 13.1. The zero-order chi connectivity index (χ0) is 18.5. The van der Waals surface area contributed by atoms with Crippen molar-refractivity contribution in [3.63, 3.8) is 0 Å². The van der Waals surface area contributed by atoms with E-state index in [1.165, 1.54) is 11.2 Å². The molecule has 5 rings (SSSR count). The van der Waals surface area contributed by atoms with Crippen molar-refractivity contribution in [2.24, 2.45) is 0 Å². The fourth-order valence-electron chi connectivity index (χ4n) is 3.89. The number of allylic oxidation sites excluding steroid dienone is 2. The summed E-state index contributed by atoms with van der Waals surface area (Å²) in [4.78, 5) is 18.7. The molecule has 0 radical (unpaired) electrons. The van der Waals surface area contributed by atoms with Crippen molar-refractivity contribution >= 4 is 46.3 Å². The number of anilines is 1. The maximum absolute atomic E-state index is 13.2. The van der Waals surface area contributed by atoms with Crippen LogP contribution in [0.3, 0.4) is 0 Å². The molecule has 0 saturated heterocycles. The van der Waals surface area contributed by atoms with Gasteiger partial charge in [0, 0.05) is 44.1 Å². The van der Waals surface area contributed by atoms with Gasteiger partial charge in [-0.2, -0.15) is 10.1 Å². The van der Waals surface area contributed by atoms with Crippen LogP contribution in [0.5, 0.6) is 0 Å². The lowest BCUT2D eigenvalue weighted by atomic mass is 9.80. The Bertz CT molecular complexity index is 1070. The van der Waals surface area contributed by atoms with Crippen LogP contribution in [0.15, 0.2) is 53.3 Å². The van der Waals surface area contributed by atoms with E-state index >= 15 is 0 Å². The van der Waals surface area contributed by atoms with E-state index < -0.39 is 6.04 Å². The molecule has 1 N–H and O–H groups in total. The Morgan fingerprint density at radius 2 is 2.11 bits per heavy atom. The number of Topliss-reactive ketones (excluding diaryl/α,β-unsaturated/α-hetero) is 1. The molecule has 0 bridgehead atoms. The second kappa shape index (κ2) is 6.48. The van der Waals surface area contributed by atoms with Crippen molar-refractivity contribution < 1.29 is 4.79 Å². The molecule has 5 nitrogen and oxygen atoms in total. The van der Waals surface area contributed by atoms with Crippen molar-refractivity contribution in [2.75, 3.05) is 5.32 Å². The normalized spacial score (nSPS) is 21.6. The number of rotatable bonds is 2. The van der Waals surface area contributed by atoms with Gasteiger partial charge in [-0.3, -0.25) is 4.79 Å². The minimum atomic E-state index is -0.402. The van der Waals surface area contributed by atoms with Crippen molar-refractivity contribution in [2.45, 2.75) is 24.8 Å². The molecule has 2 aliphatic rings. The highest BCUT2D eigenvalue weighted by Gasteiger charge is 2.40. The maximum atomic E-state index is 13.2. The third kappa shape index (κ3) is 2.79. The number of nitrogens with one attached hydrogen (secondary N) is 1. The van der Waals surface area contributed by atoms with E-state index in [9.17, 15) is 4.79 Å². The van der Waals surface area contributed by atoms with Crippen LogP contribution in [0.2, 0.25) is 10.0 Å². The summed E-state index contributed by atoms with van der Waals surface area (Å²) in [6.45, 7) is 0. The largest absolute Gasteiger partial charge is 0.328 e. The van der Waals surface area contributed by atoms with Gasteiger partial charge in [0.1, 0.15) is 12.4 Å². The van der Waals surface area contributed by atoms with E-state index in [4.69, 9.17) is 23.2 Å². The Balaban J connectivity index is 1.65. The Morgan fingerprint density at radius 3 is 2.89 bits per heavy atom. The third-order valence-corrected chi connectivity index (χ3v) is 6.66.